The Morgan fingerprint density at radius 3 is 2.58 bits per heavy atom. The average Bonchev–Trinajstić information content (AvgIpc) is 3.06. The van der Waals surface area contributed by atoms with E-state index in [0.717, 1.165) is 5.56 Å². The van der Waals surface area contributed by atoms with Gasteiger partial charge >= 0.3 is 5.97 Å². The standard InChI is InChI=1S/C17H21N3O4/c1-3-12(2)20(11-16(22)23)15(21)10-9-14-18-19-17(24-14)13-7-5-4-6-8-13/h4-8,12H,3,9-11H2,1-2H3,(H,22,23). The first-order valence-electron chi connectivity index (χ1n) is 7.90. The molecule has 2 rings (SSSR count). The number of carbonyl (C=O) groups is 2. The van der Waals surface area contributed by atoms with Gasteiger partial charge in [0.25, 0.3) is 0 Å². The van der Waals surface area contributed by atoms with E-state index in [4.69, 9.17) is 9.52 Å². The van der Waals surface area contributed by atoms with Crippen LogP contribution in [0.4, 0.5) is 0 Å². The molecule has 1 amide bonds. The Hall–Kier alpha value is -2.70. The molecule has 1 atom stereocenters. The van der Waals surface area contributed by atoms with Crippen molar-refractivity contribution in [3.63, 3.8) is 0 Å². The maximum absolute atomic E-state index is 12.3. The van der Waals surface area contributed by atoms with E-state index in [1.165, 1.54) is 4.90 Å². The molecular weight excluding hydrogens is 310 g/mol. The van der Waals surface area contributed by atoms with Gasteiger partial charge in [0, 0.05) is 24.4 Å². The van der Waals surface area contributed by atoms with Crippen molar-refractivity contribution in [3.8, 4) is 11.5 Å². The summed E-state index contributed by atoms with van der Waals surface area (Å²) >= 11 is 0. The van der Waals surface area contributed by atoms with E-state index in [1.807, 2.05) is 44.2 Å². The molecular formula is C17H21N3O4. The van der Waals surface area contributed by atoms with Crippen LogP contribution in [0.5, 0.6) is 0 Å². The molecule has 1 aromatic carbocycles. The number of aryl methyl sites for hydroxylation is 1. The fourth-order valence-electron chi connectivity index (χ4n) is 2.27. The lowest BCUT2D eigenvalue weighted by molar-refractivity contribution is -0.146. The minimum Gasteiger partial charge on any atom is -0.480 e. The molecule has 0 spiro atoms. The molecule has 0 radical (unpaired) electrons. The predicted molar refractivity (Wildman–Crippen MR) is 87.2 cm³/mol. The highest BCUT2D eigenvalue weighted by Crippen LogP contribution is 2.18. The predicted octanol–water partition coefficient (Wildman–Crippen LogP) is 2.38. The lowest BCUT2D eigenvalue weighted by atomic mass is 10.2. The van der Waals surface area contributed by atoms with Gasteiger partial charge in [0.2, 0.25) is 17.7 Å². The second-order valence-electron chi connectivity index (χ2n) is 5.54. The van der Waals surface area contributed by atoms with Gasteiger partial charge in [-0.1, -0.05) is 25.1 Å². The molecule has 1 unspecified atom stereocenters. The number of aromatic nitrogens is 2. The number of benzene rings is 1. The van der Waals surface area contributed by atoms with Crippen LogP contribution in [0.1, 0.15) is 32.6 Å². The molecule has 0 bridgehead atoms. The molecule has 0 aliphatic heterocycles. The smallest absolute Gasteiger partial charge is 0.323 e. The Labute approximate surface area is 140 Å². The molecule has 7 heteroatoms. The van der Waals surface area contributed by atoms with Crippen molar-refractivity contribution >= 4 is 11.9 Å². The highest BCUT2D eigenvalue weighted by molar-refractivity contribution is 5.81. The zero-order valence-corrected chi connectivity index (χ0v) is 13.8. The van der Waals surface area contributed by atoms with Crippen LogP contribution in [0.25, 0.3) is 11.5 Å². The topological polar surface area (TPSA) is 96.5 Å². The molecule has 1 heterocycles. The first-order chi connectivity index (χ1) is 11.5. The van der Waals surface area contributed by atoms with Crippen LogP contribution in [0.3, 0.4) is 0 Å². The number of carboxylic acid groups (broad SMARTS) is 1. The molecule has 0 aliphatic carbocycles. The molecule has 0 fully saturated rings. The summed E-state index contributed by atoms with van der Waals surface area (Å²) in [5.41, 5.74) is 0.815. The summed E-state index contributed by atoms with van der Waals surface area (Å²) in [6.07, 6.45) is 1.11. The fraction of sp³-hybridized carbons (Fsp3) is 0.412. The number of nitrogens with zero attached hydrogens (tertiary/aromatic N) is 3. The highest BCUT2D eigenvalue weighted by atomic mass is 16.4. The van der Waals surface area contributed by atoms with Gasteiger partial charge < -0.3 is 14.4 Å². The largest absolute Gasteiger partial charge is 0.480 e. The van der Waals surface area contributed by atoms with Gasteiger partial charge in [-0.05, 0) is 25.5 Å². The third-order valence-corrected chi connectivity index (χ3v) is 3.79. The maximum atomic E-state index is 12.3. The van der Waals surface area contributed by atoms with Crippen molar-refractivity contribution in [2.24, 2.45) is 0 Å². The van der Waals surface area contributed by atoms with Crippen molar-refractivity contribution in [3.05, 3.63) is 36.2 Å². The number of carboxylic acids is 1. The second-order valence-corrected chi connectivity index (χ2v) is 5.54. The number of carbonyl (C=O) groups excluding carboxylic acids is 1. The van der Waals surface area contributed by atoms with Crippen molar-refractivity contribution in [1.82, 2.24) is 15.1 Å². The normalized spacial score (nSPS) is 11.9. The molecule has 128 valence electrons. The second kappa shape index (κ2) is 8.24. The van der Waals surface area contributed by atoms with Gasteiger partial charge in [0.1, 0.15) is 6.54 Å². The van der Waals surface area contributed by atoms with Crippen LogP contribution in [0.15, 0.2) is 34.7 Å². The van der Waals surface area contributed by atoms with Gasteiger partial charge in [0.15, 0.2) is 0 Å². The van der Waals surface area contributed by atoms with Crippen LogP contribution >= 0.6 is 0 Å². The molecule has 0 saturated heterocycles. The molecule has 2 aromatic rings. The van der Waals surface area contributed by atoms with E-state index < -0.39 is 5.97 Å². The Kier molecular flexibility index (Phi) is 6.06. The number of rotatable bonds is 8. The first kappa shape index (κ1) is 17.7. The van der Waals surface area contributed by atoms with Crippen molar-refractivity contribution in [1.29, 1.82) is 0 Å². The highest BCUT2D eigenvalue weighted by Gasteiger charge is 2.22. The summed E-state index contributed by atoms with van der Waals surface area (Å²) in [5.74, 6) is -0.483. The van der Waals surface area contributed by atoms with Crippen LogP contribution in [-0.4, -0.2) is 44.7 Å². The lowest BCUT2D eigenvalue weighted by Gasteiger charge is -2.26. The minimum atomic E-state index is -1.02. The van der Waals surface area contributed by atoms with Gasteiger partial charge in [-0.2, -0.15) is 0 Å². The zero-order chi connectivity index (χ0) is 17.5. The van der Waals surface area contributed by atoms with Crippen molar-refractivity contribution < 1.29 is 19.1 Å². The number of hydrogen-bond acceptors (Lipinski definition) is 5. The summed E-state index contributed by atoms with van der Waals surface area (Å²) in [5, 5.41) is 16.9. The minimum absolute atomic E-state index is 0.129. The van der Waals surface area contributed by atoms with E-state index in [1.54, 1.807) is 0 Å². The van der Waals surface area contributed by atoms with Crippen LogP contribution < -0.4 is 0 Å². The third-order valence-electron chi connectivity index (χ3n) is 3.79. The number of hydrogen-bond donors (Lipinski definition) is 1. The van der Waals surface area contributed by atoms with E-state index in [0.29, 0.717) is 18.2 Å². The summed E-state index contributed by atoms with van der Waals surface area (Å²) in [4.78, 5) is 24.6. The average molecular weight is 331 g/mol. The van der Waals surface area contributed by atoms with Crippen molar-refractivity contribution in [2.45, 2.75) is 39.2 Å². The molecule has 0 saturated carbocycles. The summed E-state index contributed by atoms with van der Waals surface area (Å²) in [6.45, 7) is 3.45. The van der Waals surface area contributed by atoms with Gasteiger partial charge in [-0.3, -0.25) is 9.59 Å². The lowest BCUT2D eigenvalue weighted by Crippen LogP contribution is -2.41. The Balaban J connectivity index is 1.98. The maximum Gasteiger partial charge on any atom is 0.323 e. The molecule has 24 heavy (non-hydrogen) atoms. The Morgan fingerprint density at radius 2 is 1.96 bits per heavy atom. The van der Waals surface area contributed by atoms with Gasteiger partial charge in [0.05, 0.1) is 0 Å². The number of amides is 1. The first-order valence-corrected chi connectivity index (χ1v) is 7.90. The fourth-order valence-corrected chi connectivity index (χ4v) is 2.27. The van der Waals surface area contributed by atoms with Gasteiger partial charge in [-0.25, -0.2) is 0 Å². The summed E-state index contributed by atoms with van der Waals surface area (Å²) in [7, 11) is 0. The molecule has 0 aliphatic rings. The number of aliphatic carboxylic acids is 1. The van der Waals surface area contributed by atoms with Crippen LogP contribution in [0, 0.1) is 0 Å². The molecule has 1 aromatic heterocycles. The van der Waals surface area contributed by atoms with E-state index in [2.05, 4.69) is 10.2 Å². The monoisotopic (exact) mass is 331 g/mol. The SMILES string of the molecule is CCC(C)N(CC(=O)O)C(=O)CCc1nnc(-c2ccccc2)o1. The van der Waals surface area contributed by atoms with Gasteiger partial charge in [-0.15, -0.1) is 10.2 Å². The van der Waals surface area contributed by atoms with E-state index >= 15 is 0 Å². The quantitative estimate of drug-likeness (QED) is 0.798. The molecule has 7 nitrogen and oxygen atoms in total. The van der Waals surface area contributed by atoms with Crippen LogP contribution in [0.2, 0.25) is 0 Å². The van der Waals surface area contributed by atoms with Crippen molar-refractivity contribution in [2.75, 3.05) is 6.54 Å². The van der Waals surface area contributed by atoms with E-state index in [9.17, 15) is 9.59 Å². The Morgan fingerprint density at radius 1 is 1.25 bits per heavy atom. The van der Waals surface area contributed by atoms with Crippen LogP contribution in [-0.2, 0) is 16.0 Å². The molecule has 1 N–H and O–H groups in total. The summed E-state index contributed by atoms with van der Waals surface area (Å²) in [6, 6.07) is 9.24. The van der Waals surface area contributed by atoms with E-state index in [-0.39, 0.29) is 31.3 Å². The third kappa shape index (κ3) is 4.65. The Bertz CT molecular complexity index is 684. The summed E-state index contributed by atoms with van der Waals surface area (Å²) < 4.78 is 5.56. The zero-order valence-electron chi connectivity index (χ0n) is 13.8.